The fourth-order valence-corrected chi connectivity index (χ4v) is 5.15. The molecule has 1 saturated heterocycles. The number of esters is 1. The number of hydrogen-bond donors (Lipinski definition) is 2. The number of rotatable bonds is 16. The molecule has 1 aliphatic heterocycles. The van der Waals surface area contributed by atoms with E-state index in [9.17, 15) is 14.4 Å². The van der Waals surface area contributed by atoms with Gasteiger partial charge in [-0.3, -0.25) is 14.4 Å². The third-order valence-electron chi connectivity index (χ3n) is 7.37. The molecule has 2 aromatic rings. The van der Waals surface area contributed by atoms with Crippen LogP contribution >= 0.6 is 0 Å². The van der Waals surface area contributed by atoms with Crippen molar-refractivity contribution in [3.05, 3.63) is 71.8 Å². The van der Waals surface area contributed by atoms with Crippen LogP contribution in [0.4, 0.5) is 0 Å². The van der Waals surface area contributed by atoms with E-state index in [0.717, 1.165) is 43.5 Å². The van der Waals surface area contributed by atoms with Crippen LogP contribution in [0.1, 0.15) is 63.0 Å². The minimum absolute atomic E-state index is 0.0102. The summed E-state index contributed by atoms with van der Waals surface area (Å²) < 4.78 is 5.15. The molecule has 0 radical (unpaired) electrons. The molecule has 1 atom stereocenters. The van der Waals surface area contributed by atoms with Gasteiger partial charge < -0.3 is 20.3 Å². The molecule has 0 saturated carbocycles. The summed E-state index contributed by atoms with van der Waals surface area (Å²) in [7, 11) is 0. The molecule has 7 nitrogen and oxygen atoms in total. The summed E-state index contributed by atoms with van der Waals surface area (Å²) >= 11 is 0. The Labute approximate surface area is 233 Å². The van der Waals surface area contributed by atoms with E-state index in [0.29, 0.717) is 38.3 Å². The summed E-state index contributed by atoms with van der Waals surface area (Å²) in [5, 5.41) is 6.42. The molecule has 0 unspecified atom stereocenters. The molecule has 0 spiro atoms. The van der Waals surface area contributed by atoms with E-state index in [4.69, 9.17) is 4.74 Å². The molecular formula is C32H45N3O4. The number of hydrogen-bond acceptors (Lipinski definition) is 5. The first-order chi connectivity index (χ1) is 19.0. The van der Waals surface area contributed by atoms with Gasteiger partial charge in [0.1, 0.15) is 0 Å². The molecule has 7 heteroatoms. The summed E-state index contributed by atoms with van der Waals surface area (Å²) in [4.78, 5) is 40.4. The second kappa shape index (κ2) is 17.4. The molecule has 2 aromatic carbocycles. The van der Waals surface area contributed by atoms with Gasteiger partial charge >= 0.3 is 5.97 Å². The van der Waals surface area contributed by atoms with Gasteiger partial charge in [0.05, 0.1) is 19.6 Å². The molecule has 39 heavy (non-hydrogen) atoms. The van der Waals surface area contributed by atoms with Gasteiger partial charge in [-0.05, 0) is 82.0 Å². The Bertz CT molecular complexity index is 993. The van der Waals surface area contributed by atoms with E-state index < -0.39 is 0 Å². The lowest BCUT2D eigenvalue weighted by Gasteiger charge is -2.26. The molecule has 1 heterocycles. The van der Waals surface area contributed by atoms with E-state index in [1.807, 2.05) is 60.7 Å². The maximum absolute atomic E-state index is 13.3. The molecule has 1 aliphatic rings. The number of ether oxygens (including phenoxy) is 1. The number of nitrogens with zero attached hydrogens (tertiary/aromatic N) is 1. The Balaban J connectivity index is 1.58. The number of nitrogens with one attached hydrogen (secondary N) is 2. The van der Waals surface area contributed by atoms with Gasteiger partial charge in [0.15, 0.2) is 0 Å². The van der Waals surface area contributed by atoms with Crippen molar-refractivity contribution in [1.82, 2.24) is 15.5 Å². The Morgan fingerprint density at radius 1 is 0.974 bits per heavy atom. The van der Waals surface area contributed by atoms with Crippen molar-refractivity contribution in [1.29, 1.82) is 0 Å². The molecule has 0 aliphatic carbocycles. The number of piperidine rings is 1. The maximum atomic E-state index is 13.3. The van der Waals surface area contributed by atoms with Crippen LogP contribution in [-0.2, 0) is 32.0 Å². The van der Waals surface area contributed by atoms with E-state index in [1.165, 1.54) is 12.8 Å². The predicted molar refractivity (Wildman–Crippen MR) is 154 cm³/mol. The van der Waals surface area contributed by atoms with Crippen LogP contribution in [0.5, 0.6) is 0 Å². The molecule has 3 rings (SSSR count). The summed E-state index contributed by atoms with van der Waals surface area (Å²) in [6, 6.07) is 19.7. The van der Waals surface area contributed by atoms with Gasteiger partial charge in [-0.15, -0.1) is 0 Å². The summed E-state index contributed by atoms with van der Waals surface area (Å²) in [5.41, 5.74) is 2.28. The molecule has 2 amide bonds. The van der Waals surface area contributed by atoms with Crippen molar-refractivity contribution in [2.45, 2.75) is 70.8 Å². The Morgan fingerprint density at radius 3 is 2.26 bits per heavy atom. The van der Waals surface area contributed by atoms with Crippen molar-refractivity contribution < 1.29 is 19.1 Å². The van der Waals surface area contributed by atoms with Crippen molar-refractivity contribution in [2.75, 3.05) is 32.8 Å². The average Bonchev–Trinajstić information content (AvgIpc) is 2.95. The lowest BCUT2D eigenvalue weighted by molar-refractivity contribution is -0.144. The largest absolute Gasteiger partial charge is 0.466 e. The van der Waals surface area contributed by atoms with Crippen LogP contribution in [0, 0.1) is 5.92 Å². The molecule has 212 valence electrons. The zero-order chi connectivity index (χ0) is 27.7. The minimum atomic E-state index is -0.359. The van der Waals surface area contributed by atoms with E-state index in [1.54, 1.807) is 11.8 Å². The first-order valence-corrected chi connectivity index (χ1v) is 14.5. The van der Waals surface area contributed by atoms with E-state index >= 15 is 0 Å². The van der Waals surface area contributed by atoms with Crippen LogP contribution in [0.2, 0.25) is 0 Å². The number of carbonyl (C=O) groups is 3. The third-order valence-corrected chi connectivity index (χ3v) is 7.37. The third kappa shape index (κ3) is 12.0. The zero-order valence-electron chi connectivity index (χ0n) is 23.4. The van der Waals surface area contributed by atoms with Gasteiger partial charge in [0, 0.05) is 19.0 Å². The van der Waals surface area contributed by atoms with Crippen LogP contribution in [0.15, 0.2) is 60.7 Å². The van der Waals surface area contributed by atoms with Crippen LogP contribution in [0.3, 0.4) is 0 Å². The Kier molecular flexibility index (Phi) is 13.5. The van der Waals surface area contributed by atoms with Crippen LogP contribution in [-0.4, -0.2) is 61.5 Å². The monoisotopic (exact) mass is 535 g/mol. The van der Waals surface area contributed by atoms with Gasteiger partial charge in [0.2, 0.25) is 11.8 Å². The first kappa shape index (κ1) is 30.4. The summed E-state index contributed by atoms with van der Waals surface area (Å²) in [5.74, 6) is 0.123. The Morgan fingerprint density at radius 2 is 1.62 bits per heavy atom. The van der Waals surface area contributed by atoms with E-state index in [2.05, 4.69) is 10.6 Å². The van der Waals surface area contributed by atoms with Crippen molar-refractivity contribution in [3.8, 4) is 0 Å². The highest BCUT2D eigenvalue weighted by Crippen LogP contribution is 2.19. The topological polar surface area (TPSA) is 87.7 Å². The second-order valence-electron chi connectivity index (χ2n) is 10.4. The van der Waals surface area contributed by atoms with Crippen LogP contribution < -0.4 is 10.6 Å². The number of carbonyl (C=O) groups excluding carboxylic acids is 3. The fourth-order valence-electron chi connectivity index (χ4n) is 5.15. The molecular weight excluding hydrogens is 490 g/mol. The van der Waals surface area contributed by atoms with Crippen molar-refractivity contribution >= 4 is 17.8 Å². The smallest absolute Gasteiger partial charge is 0.307 e. The van der Waals surface area contributed by atoms with Gasteiger partial charge in [-0.2, -0.15) is 0 Å². The Hall–Kier alpha value is -3.19. The van der Waals surface area contributed by atoms with Gasteiger partial charge in [-0.1, -0.05) is 60.7 Å². The van der Waals surface area contributed by atoms with Crippen molar-refractivity contribution in [2.24, 2.45) is 5.92 Å². The highest BCUT2D eigenvalue weighted by atomic mass is 16.5. The summed E-state index contributed by atoms with van der Waals surface area (Å²) in [6.45, 7) is 4.66. The number of benzene rings is 2. The predicted octanol–water partition coefficient (Wildman–Crippen LogP) is 4.30. The SMILES string of the molecule is CCOC(=O)C[C@@H](CCc1ccccc1)NC(=O)CN(CCc1ccccc1)C(=O)CCCC1CCNCC1. The average molecular weight is 536 g/mol. The lowest BCUT2D eigenvalue weighted by Crippen LogP contribution is -2.45. The normalized spacial score (nSPS) is 14.4. The molecule has 2 N–H and O–H groups in total. The zero-order valence-corrected chi connectivity index (χ0v) is 23.4. The minimum Gasteiger partial charge on any atom is -0.466 e. The van der Waals surface area contributed by atoms with Crippen molar-refractivity contribution in [3.63, 3.8) is 0 Å². The lowest BCUT2D eigenvalue weighted by atomic mass is 9.92. The van der Waals surface area contributed by atoms with Gasteiger partial charge in [0.25, 0.3) is 0 Å². The molecule has 0 bridgehead atoms. The first-order valence-electron chi connectivity index (χ1n) is 14.5. The maximum Gasteiger partial charge on any atom is 0.307 e. The van der Waals surface area contributed by atoms with Crippen LogP contribution in [0.25, 0.3) is 0 Å². The standard InChI is InChI=1S/C32H45N3O4/c1-2-39-32(38)24-29(17-16-26-10-5-3-6-11-26)34-30(36)25-35(23-20-27-12-7-4-8-13-27)31(37)15-9-14-28-18-21-33-22-19-28/h3-8,10-13,28-29,33H,2,9,14-25H2,1H3,(H,34,36)/t29-/m1/s1. The molecule has 0 aromatic heterocycles. The summed E-state index contributed by atoms with van der Waals surface area (Å²) in [6.07, 6.45) is 6.82. The number of aryl methyl sites for hydroxylation is 1. The van der Waals surface area contributed by atoms with E-state index in [-0.39, 0.29) is 36.8 Å². The highest BCUT2D eigenvalue weighted by molar-refractivity contribution is 5.85. The second-order valence-corrected chi connectivity index (χ2v) is 10.4. The quantitative estimate of drug-likeness (QED) is 0.313. The van der Waals surface area contributed by atoms with Gasteiger partial charge in [-0.25, -0.2) is 0 Å². The molecule has 1 fully saturated rings. The fraction of sp³-hybridized carbons (Fsp3) is 0.531. The number of amides is 2. The highest BCUT2D eigenvalue weighted by Gasteiger charge is 2.22.